The van der Waals surface area contributed by atoms with Crippen molar-refractivity contribution < 1.29 is 14.4 Å². The predicted molar refractivity (Wildman–Crippen MR) is 276 cm³/mol. The molecule has 7 aromatic carbocycles. The number of ketones is 1. The molecular weight excluding hydrogens is 851 g/mol. The SMILES string of the molecule is O=C(Cc1ccc(-c2cc(-c3ccccc3)ccn2)cc1)c1cc(C(=O)Nc2ccc(-c3cc(-c4ccccc4)ccn3)cc2)cc(C(=O)Nc2ccc(-c3cc(-c4ccccc4)ccn3)cc2)c1. The van der Waals surface area contributed by atoms with Crippen LogP contribution in [0.2, 0.25) is 0 Å². The van der Waals surface area contributed by atoms with Crippen LogP contribution < -0.4 is 10.6 Å². The molecule has 0 saturated heterocycles. The van der Waals surface area contributed by atoms with Crippen LogP contribution in [0.25, 0.3) is 67.2 Å². The van der Waals surface area contributed by atoms with E-state index in [-0.39, 0.29) is 28.9 Å². The fourth-order valence-corrected chi connectivity index (χ4v) is 8.18. The van der Waals surface area contributed by atoms with E-state index in [4.69, 9.17) is 0 Å². The predicted octanol–water partition coefficient (Wildman–Crippen LogP) is 13.8. The van der Waals surface area contributed by atoms with Crippen molar-refractivity contribution in [3.05, 3.63) is 259 Å². The van der Waals surface area contributed by atoms with E-state index in [1.807, 2.05) is 140 Å². The van der Waals surface area contributed by atoms with Crippen LogP contribution in [0.5, 0.6) is 0 Å². The Bertz CT molecular complexity index is 3050. The third-order valence-electron chi connectivity index (χ3n) is 11.9. The van der Waals surface area contributed by atoms with Crippen molar-refractivity contribution in [2.45, 2.75) is 6.42 Å². The summed E-state index contributed by atoms with van der Waals surface area (Å²) in [6.07, 6.45) is 5.41. The summed E-state index contributed by atoms with van der Waals surface area (Å²) >= 11 is 0. The second-order valence-electron chi connectivity index (χ2n) is 16.5. The Morgan fingerprint density at radius 3 is 1.01 bits per heavy atom. The molecule has 0 unspecified atom stereocenters. The average molecular weight is 894 g/mol. The van der Waals surface area contributed by atoms with Gasteiger partial charge in [-0.1, -0.05) is 140 Å². The van der Waals surface area contributed by atoms with E-state index in [1.165, 1.54) is 6.07 Å². The molecule has 3 aromatic heterocycles. The number of carbonyl (C=O) groups is 3. The first-order chi connectivity index (χ1) is 33.9. The van der Waals surface area contributed by atoms with E-state index < -0.39 is 11.8 Å². The van der Waals surface area contributed by atoms with Crippen LogP contribution in [-0.4, -0.2) is 32.5 Å². The van der Waals surface area contributed by atoms with Crippen molar-refractivity contribution in [3.63, 3.8) is 0 Å². The Morgan fingerprint density at radius 1 is 0.319 bits per heavy atom. The summed E-state index contributed by atoms with van der Waals surface area (Å²) < 4.78 is 0. The molecule has 8 nitrogen and oxygen atoms in total. The van der Waals surface area contributed by atoms with Gasteiger partial charge in [0.2, 0.25) is 0 Å². The van der Waals surface area contributed by atoms with Crippen LogP contribution >= 0.6 is 0 Å². The van der Waals surface area contributed by atoms with Gasteiger partial charge < -0.3 is 10.6 Å². The van der Waals surface area contributed by atoms with E-state index in [1.54, 1.807) is 55.0 Å². The van der Waals surface area contributed by atoms with Gasteiger partial charge in [-0.25, -0.2) is 0 Å². The number of pyridine rings is 3. The maximum atomic E-state index is 14.1. The Labute approximate surface area is 400 Å². The molecule has 2 N–H and O–H groups in total. The van der Waals surface area contributed by atoms with Crippen molar-refractivity contribution in [1.29, 1.82) is 0 Å². The van der Waals surface area contributed by atoms with Crippen LogP contribution in [0.4, 0.5) is 11.4 Å². The molecule has 0 bridgehead atoms. The highest BCUT2D eigenvalue weighted by Crippen LogP contribution is 2.29. The lowest BCUT2D eigenvalue weighted by atomic mass is 9.97. The van der Waals surface area contributed by atoms with Gasteiger partial charge in [-0.2, -0.15) is 0 Å². The van der Waals surface area contributed by atoms with Gasteiger partial charge in [0.25, 0.3) is 11.8 Å². The van der Waals surface area contributed by atoms with Gasteiger partial charge in [0.15, 0.2) is 5.78 Å². The third kappa shape index (κ3) is 10.4. The lowest BCUT2D eigenvalue weighted by Crippen LogP contribution is -2.18. The second kappa shape index (κ2) is 20.0. The summed E-state index contributed by atoms with van der Waals surface area (Å²) in [5.41, 5.74) is 13.9. The molecule has 8 heteroatoms. The number of hydrogen-bond acceptors (Lipinski definition) is 6. The molecule has 0 atom stereocenters. The zero-order valence-electron chi connectivity index (χ0n) is 37.3. The van der Waals surface area contributed by atoms with E-state index in [0.717, 1.165) is 72.7 Å². The smallest absolute Gasteiger partial charge is 0.255 e. The minimum absolute atomic E-state index is 0.0475. The van der Waals surface area contributed by atoms with E-state index >= 15 is 0 Å². The van der Waals surface area contributed by atoms with Crippen molar-refractivity contribution in [2.24, 2.45) is 0 Å². The number of nitrogens with one attached hydrogen (secondary N) is 2. The average Bonchev–Trinajstić information content (AvgIpc) is 3.42. The quantitative estimate of drug-likeness (QED) is 0.111. The van der Waals surface area contributed by atoms with E-state index in [0.29, 0.717) is 11.4 Å². The summed E-state index contributed by atoms with van der Waals surface area (Å²) in [6.45, 7) is 0. The minimum Gasteiger partial charge on any atom is -0.322 e. The maximum Gasteiger partial charge on any atom is 0.255 e. The fourth-order valence-electron chi connectivity index (χ4n) is 8.18. The van der Waals surface area contributed by atoms with Crippen molar-refractivity contribution >= 4 is 29.0 Å². The van der Waals surface area contributed by atoms with Crippen LogP contribution in [0.15, 0.2) is 237 Å². The summed E-state index contributed by atoms with van der Waals surface area (Å²) in [5.74, 6) is -1.19. The van der Waals surface area contributed by atoms with Crippen molar-refractivity contribution in [2.75, 3.05) is 10.6 Å². The van der Waals surface area contributed by atoms with Gasteiger partial charge in [0.05, 0.1) is 17.1 Å². The molecule has 3 heterocycles. The van der Waals surface area contributed by atoms with Crippen molar-refractivity contribution in [3.8, 4) is 67.2 Å². The maximum absolute atomic E-state index is 14.1. The van der Waals surface area contributed by atoms with Crippen LogP contribution in [-0.2, 0) is 6.42 Å². The minimum atomic E-state index is -0.472. The first kappa shape index (κ1) is 43.5. The van der Waals surface area contributed by atoms with Gasteiger partial charge in [0, 0.05) is 69.8 Å². The molecule has 0 aliphatic heterocycles. The van der Waals surface area contributed by atoms with E-state index in [2.05, 4.69) is 62.0 Å². The molecule has 0 fully saturated rings. The van der Waals surface area contributed by atoms with Gasteiger partial charge >= 0.3 is 0 Å². The Kier molecular flexibility index (Phi) is 12.6. The van der Waals surface area contributed by atoms with E-state index in [9.17, 15) is 14.4 Å². The number of Topliss-reactive ketones (excluding diaryl/α,β-unsaturated/α-hetero) is 1. The highest BCUT2D eigenvalue weighted by Gasteiger charge is 2.19. The second-order valence-corrected chi connectivity index (χ2v) is 16.5. The highest BCUT2D eigenvalue weighted by atomic mass is 16.2. The van der Waals surface area contributed by atoms with Crippen molar-refractivity contribution in [1.82, 2.24) is 15.0 Å². The number of anilines is 2. The van der Waals surface area contributed by atoms with Crippen LogP contribution in [0, 0.1) is 0 Å². The Hall–Kier alpha value is -9.40. The normalized spacial score (nSPS) is 10.8. The molecule has 0 aliphatic rings. The fraction of sp³-hybridized carbons (Fsp3) is 0.0164. The Morgan fingerprint density at radius 2 is 0.652 bits per heavy atom. The number of amides is 2. The summed E-state index contributed by atoms with van der Waals surface area (Å²) in [7, 11) is 0. The van der Waals surface area contributed by atoms with Gasteiger partial charge in [-0.05, 0) is 118 Å². The molecule has 0 saturated carbocycles. The molecular formula is C61H43N5O3. The summed E-state index contributed by atoms with van der Waals surface area (Å²) in [6, 6.07) is 69.5. The van der Waals surface area contributed by atoms with Gasteiger partial charge in [-0.3, -0.25) is 29.3 Å². The van der Waals surface area contributed by atoms with Gasteiger partial charge in [0.1, 0.15) is 0 Å². The summed E-state index contributed by atoms with van der Waals surface area (Å²) in [5, 5.41) is 5.93. The monoisotopic (exact) mass is 893 g/mol. The lowest BCUT2D eigenvalue weighted by molar-refractivity contribution is 0.0993. The zero-order valence-corrected chi connectivity index (χ0v) is 37.3. The number of rotatable bonds is 13. The Balaban J connectivity index is 0.888. The number of carbonyl (C=O) groups excluding carboxylic acids is 3. The molecule has 330 valence electrons. The number of aromatic nitrogens is 3. The lowest BCUT2D eigenvalue weighted by Gasteiger charge is -2.12. The molecule has 2 amide bonds. The summed E-state index contributed by atoms with van der Waals surface area (Å²) in [4.78, 5) is 56.0. The standard InChI is InChI=1S/C61H43N5O3/c67-59(34-41-16-18-45(19-17-41)56-38-48(28-31-62-56)42-10-4-1-5-11-42)51-35-52(60(68)65-54-24-20-46(21-25-54)57-39-49(29-32-63-57)43-12-6-2-7-13-43)37-53(36-51)61(69)66-55-26-22-47(23-27-55)58-40-50(30-33-64-58)44-14-8-3-9-15-44/h1-33,35-40H,34H2,(H,65,68)(H,66,69). The first-order valence-corrected chi connectivity index (χ1v) is 22.5. The zero-order chi connectivity index (χ0) is 46.9. The molecule has 69 heavy (non-hydrogen) atoms. The third-order valence-corrected chi connectivity index (χ3v) is 11.9. The number of benzene rings is 7. The van der Waals surface area contributed by atoms with Crippen LogP contribution in [0.1, 0.15) is 36.6 Å². The van der Waals surface area contributed by atoms with Gasteiger partial charge in [-0.15, -0.1) is 0 Å². The molecule has 10 rings (SSSR count). The molecule has 0 radical (unpaired) electrons. The first-order valence-electron chi connectivity index (χ1n) is 22.5. The molecule has 0 spiro atoms. The van der Waals surface area contributed by atoms with Crippen LogP contribution in [0.3, 0.4) is 0 Å². The highest BCUT2D eigenvalue weighted by molar-refractivity contribution is 6.11. The molecule has 10 aromatic rings. The topological polar surface area (TPSA) is 114 Å². The number of nitrogens with zero attached hydrogens (tertiary/aromatic N) is 3. The largest absolute Gasteiger partial charge is 0.322 e. The number of hydrogen-bond donors (Lipinski definition) is 2. The molecule has 0 aliphatic carbocycles.